The van der Waals surface area contributed by atoms with E-state index < -0.39 is 84.5 Å². The Morgan fingerprint density at radius 1 is 0.846 bits per heavy atom. The quantitative estimate of drug-likeness (QED) is 0.104. The van der Waals surface area contributed by atoms with Crippen LogP contribution in [0, 0.1) is 11.8 Å². The molecule has 0 unspecified atom stereocenters. The highest BCUT2D eigenvalue weighted by atomic mass is 19.4. The maximum atomic E-state index is 13.8. The molecule has 0 saturated carbocycles. The molecule has 2 aromatic carbocycles. The molecule has 52 heavy (non-hydrogen) atoms. The number of ether oxygens (including phenoxy) is 1. The highest BCUT2D eigenvalue weighted by molar-refractivity contribution is 5.98. The molecule has 0 aliphatic carbocycles. The molecule has 2 aromatic rings. The van der Waals surface area contributed by atoms with Crippen LogP contribution in [0.2, 0.25) is 0 Å². The van der Waals surface area contributed by atoms with Crippen LogP contribution < -0.4 is 27.0 Å². The fraction of sp³-hybridized carbons (Fsp3) is 0.486. The molecule has 0 aliphatic rings. The van der Waals surface area contributed by atoms with Crippen molar-refractivity contribution in [2.24, 2.45) is 17.6 Å². The largest absolute Gasteiger partial charge is 0.481 e. The van der Waals surface area contributed by atoms with Crippen molar-refractivity contribution in [1.29, 1.82) is 0 Å². The van der Waals surface area contributed by atoms with Crippen LogP contribution in [0.5, 0.6) is 0 Å². The molecule has 8 N–H and O–H groups in total. The first-order chi connectivity index (χ1) is 24.3. The Kier molecular flexibility index (Phi) is 16.7. The van der Waals surface area contributed by atoms with Crippen molar-refractivity contribution in [3.63, 3.8) is 0 Å². The Morgan fingerprint density at radius 2 is 1.50 bits per heavy atom. The van der Waals surface area contributed by atoms with E-state index in [1.54, 1.807) is 58.0 Å². The highest BCUT2D eigenvalue weighted by Gasteiger charge is 2.34. The SMILES string of the molecule is CC(C)C[C@H](NC(=O)[C@@H](NC(=O)[C@@H](N)CCC(=O)O)C(C)C)C(=O)N[C@@H](Cc1ccccc1)[C@@H](O)C(=O)Nc1cccc(C(=O)OCC(F)(F)F)c1. The topological polar surface area (TPSA) is 226 Å². The number of nitrogens with one attached hydrogen (secondary N) is 4. The van der Waals surface area contributed by atoms with Crippen molar-refractivity contribution in [2.75, 3.05) is 11.9 Å². The molecule has 17 heteroatoms. The third kappa shape index (κ3) is 15.1. The Balaban J connectivity index is 2.27. The van der Waals surface area contributed by atoms with Crippen LogP contribution in [0.4, 0.5) is 18.9 Å². The number of alkyl halides is 3. The van der Waals surface area contributed by atoms with Crippen LogP contribution in [0.25, 0.3) is 0 Å². The number of amides is 4. The zero-order chi connectivity index (χ0) is 39.2. The van der Waals surface area contributed by atoms with E-state index in [2.05, 4.69) is 26.0 Å². The van der Waals surface area contributed by atoms with Crippen LogP contribution in [0.1, 0.15) is 62.9 Å². The van der Waals surface area contributed by atoms with Gasteiger partial charge in [-0.1, -0.05) is 64.1 Å². The highest BCUT2D eigenvalue weighted by Crippen LogP contribution is 2.18. The van der Waals surface area contributed by atoms with Gasteiger partial charge in [-0.3, -0.25) is 24.0 Å². The van der Waals surface area contributed by atoms with Crippen LogP contribution in [-0.4, -0.2) is 88.8 Å². The summed E-state index contributed by atoms with van der Waals surface area (Å²) in [5.41, 5.74) is 6.09. The van der Waals surface area contributed by atoms with E-state index in [1.807, 2.05) is 0 Å². The summed E-state index contributed by atoms with van der Waals surface area (Å²) in [5, 5.41) is 30.3. The fourth-order valence-electron chi connectivity index (χ4n) is 4.92. The number of carboxylic acid groups (broad SMARTS) is 1. The third-order valence-corrected chi connectivity index (χ3v) is 7.60. The monoisotopic (exact) mass is 737 g/mol. The number of rotatable bonds is 19. The first-order valence-electron chi connectivity index (χ1n) is 16.5. The van der Waals surface area contributed by atoms with E-state index in [1.165, 1.54) is 18.2 Å². The van der Waals surface area contributed by atoms with Gasteiger partial charge in [-0.05, 0) is 54.9 Å². The summed E-state index contributed by atoms with van der Waals surface area (Å²) in [5.74, 6) is -6.28. The molecular weight excluding hydrogens is 691 g/mol. The van der Waals surface area contributed by atoms with E-state index in [9.17, 15) is 47.0 Å². The second-order valence-corrected chi connectivity index (χ2v) is 13.0. The number of carbonyl (C=O) groups excluding carboxylic acids is 5. The van der Waals surface area contributed by atoms with Crippen molar-refractivity contribution < 1.29 is 56.9 Å². The number of hydrogen-bond acceptors (Lipinski definition) is 9. The van der Waals surface area contributed by atoms with Crippen molar-refractivity contribution in [3.8, 4) is 0 Å². The molecule has 0 spiro atoms. The maximum absolute atomic E-state index is 13.8. The van der Waals surface area contributed by atoms with Gasteiger partial charge < -0.3 is 42.0 Å². The standard InChI is InChI=1S/C35H46F3N5O9/c1-19(2)15-26(42-32(49)28(20(3)4)43-30(47)24(39)13-14-27(44)45)31(48)41-25(16-21-9-6-5-7-10-21)29(46)33(50)40-23-12-8-11-22(17-23)34(51)52-18-35(36,37)38/h5-12,17,19-20,24-26,28-29,46H,13-16,18,39H2,1-4H3,(H,40,50)(H,41,48)(H,42,49)(H,43,47)(H,44,45)/t24-,25-,26-,28-,29+/m0/s1. The predicted octanol–water partition coefficient (Wildman–Crippen LogP) is 2.30. The van der Waals surface area contributed by atoms with Gasteiger partial charge in [0.25, 0.3) is 5.91 Å². The van der Waals surface area contributed by atoms with E-state index in [4.69, 9.17) is 10.8 Å². The summed E-state index contributed by atoms with van der Waals surface area (Å²) in [4.78, 5) is 76.1. The number of halogens is 3. The summed E-state index contributed by atoms with van der Waals surface area (Å²) in [6, 6.07) is 8.59. The summed E-state index contributed by atoms with van der Waals surface area (Å²) in [6.45, 7) is 5.09. The number of anilines is 1. The van der Waals surface area contributed by atoms with Crippen molar-refractivity contribution in [1.82, 2.24) is 16.0 Å². The molecule has 0 aliphatic heterocycles. The van der Waals surface area contributed by atoms with Gasteiger partial charge in [0.15, 0.2) is 12.7 Å². The number of benzene rings is 2. The maximum Gasteiger partial charge on any atom is 0.422 e. The van der Waals surface area contributed by atoms with E-state index in [0.717, 1.165) is 6.07 Å². The molecule has 2 rings (SSSR count). The first-order valence-corrected chi connectivity index (χ1v) is 16.5. The van der Waals surface area contributed by atoms with Gasteiger partial charge in [-0.25, -0.2) is 4.79 Å². The lowest BCUT2D eigenvalue weighted by Crippen LogP contribution is -2.59. The Bertz CT molecular complexity index is 1540. The average molecular weight is 738 g/mol. The molecule has 0 aromatic heterocycles. The minimum absolute atomic E-state index is 0.0494. The summed E-state index contributed by atoms with van der Waals surface area (Å²) >= 11 is 0. The molecule has 0 radical (unpaired) electrons. The van der Waals surface area contributed by atoms with Crippen molar-refractivity contribution >= 4 is 41.3 Å². The van der Waals surface area contributed by atoms with Gasteiger partial charge in [-0.2, -0.15) is 13.2 Å². The van der Waals surface area contributed by atoms with Gasteiger partial charge >= 0.3 is 18.1 Å². The summed E-state index contributed by atoms with van der Waals surface area (Å²) < 4.78 is 41.8. The molecule has 14 nitrogen and oxygen atoms in total. The predicted molar refractivity (Wildman–Crippen MR) is 182 cm³/mol. The number of aliphatic hydroxyl groups is 1. The van der Waals surface area contributed by atoms with E-state index >= 15 is 0 Å². The number of nitrogens with two attached hydrogens (primary N) is 1. The van der Waals surface area contributed by atoms with Gasteiger partial charge in [0.1, 0.15) is 12.1 Å². The van der Waals surface area contributed by atoms with Crippen LogP contribution >= 0.6 is 0 Å². The second-order valence-electron chi connectivity index (χ2n) is 13.0. The number of carbonyl (C=O) groups is 6. The average Bonchev–Trinajstić information content (AvgIpc) is 3.07. The number of carboxylic acids is 1. The lowest BCUT2D eigenvalue weighted by molar-refractivity contribution is -0.161. The molecule has 286 valence electrons. The van der Waals surface area contributed by atoms with E-state index in [0.29, 0.717) is 5.56 Å². The lowest BCUT2D eigenvalue weighted by atomic mass is 9.97. The van der Waals surface area contributed by atoms with Gasteiger partial charge in [0, 0.05) is 12.1 Å². The van der Waals surface area contributed by atoms with Gasteiger partial charge in [-0.15, -0.1) is 0 Å². The molecule has 0 saturated heterocycles. The molecular formula is C35H46F3N5O9. The van der Waals surface area contributed by atoms with Gasteiger partial charge in [0.2, 0.25) is 17.7 Å². The lowest BCUT2D eigenvalue weighted by Gasteiger charge is -2.29. The van der Waals surface area contributed by atoms with Crippen LogP contribution in [0.15, 0.2) is 54.6 Å². The summed E-state index contributed by atoms with van der Waals surface area (Å²) in [7, 11) is 0. The minimum Gasteiger partial charge on any atom is -0.481 e. The van der Waals surface area contributed by atoms with Crippen molar-refractivity contribution in [2.45, 2.75) is 89.8 Å². The Hall–Kier alpha value is -5.03. The second kappa shape index (κ2) is 20.1. The minimum atomic E-state index is -4.74. The van der Waals surface area contributed by atoms with Crippen molar-refractivity contribution in [3.05, 3.63) is 65.7 Å². The Labute approximate surface area is 299 Å². The fourth-order valence-corrected chi connectivity index (χ4v) is 4.92. The molecule has 5 atom stereocenters. The number of hydrogen-bond donors (Lipinski definition) is 7. The first kappa shape index (κ1) is 43.1. The smallest absolute Gasteiger partial charge is 0.422 e. The third-order valence-electron chi connectivity index (χ3n) is 7.60. The number of aliphatic hydroxyl groups excluding tert-OH is 1. The normalized spacial score (nSPS) is 14.4. The van der Waals surface area contributed by atoms with E-state index in [-0.39, 0.29) is 42.9 Å². The summed E-state index contributed by atoms with van der Waals surface area (Å²) in [6.07, 6.45) is -7.10. The van der Waals surface area contributed by atoms with Gasteiger partial charge in [0.05, 0.1) is 17.6 Å². The van der Waals surface area contributed by atoms with Crippen LogP contribution in [-0.2, 0) is 35.1 Å². The van der Waals surface area contributed by atoms with Crippen LogP contribution in [0.3, 0.4) is 0 Å². The molecule has 0 fully saturated rings. The number of aliphatic carboxylic acids is 1. The Morgan fingerprint density at radius 3 is 2.08 bits per heavy atom. The number of esters is 1. The molecule has 4 amide bonds. The molecule has 0 bridgehead atoms. The molecule has 0 heterocycles. The zero-order valence-electron chi connectivity index (χ0n) is 29.2. The zero-order valence-corrected chi connectivity index (χ0v) is 29.2.